The van der Waals surface area contributed by atoms with Crippen molar-refractivity contribution in [1.29, 1.82) is 0 Å². The third-order valence-corrected chi connectivity index (χ3v) is 5.13. The molecule has 0 aliphatic rings. The van der Waals surface area contributed by atoms with Gasteiger partial charge >= 0.3 is 0 Å². The van der Waals surface area contributed by atoms with Crippen molar-refractivity contribution in [2.45, 2.75) is 96.8 Å². The van der Waals surface area contributed by atoms with Gasteiger partial charge in [-0.25, -0.2) is 0 Å². The van der Waals surface area contributed by atoms with Crippen LogP contribution in [0.2, 0.25) is 5.02 Å². The van der Waals surface area contributed by atoms with Crippen molar-refractivity contribution < 1.29 is 4.79 Å². The third-order valence-electron chi connectivity index (χ3n) is 4.79. The molecule has 0 saturated carbocycles. The Morgan fingerprint density at radius 2 is 1.38 bits per heavy atom. The van der Waals surface area contributed by atoms with Crippen molar-refractivity contribution in [1.82, 2.24) is 0 Å². The lowest BCUT2D eigenvalue weighted by atomic mass is 10.0. The summed E-state index contributed by atoms with van der Waals surface area (Å²) < 4.78 is 0. The first kappa shape index (κ1) is 22.8. The molecule has 0 bridgehead atoms. The number of amides is 1. The van der Waals surface area contributed by atoms with Crippen LogP contribution in [-0.2, 0) is 4.79 Å². The van der Waals surface area contributed by atoms with E-state index < -0.39 is 0 Å². The summed E-state index contributed by atoms with van der Waals surface area (Å²) in [6.07, 6.45) is 17.6. The number of halogens is 1. The van der Waals surface area contributed by atoms with Gasteiger partial charge in [0, 0.05) is 12.1 Å². The highest BCUT2D eigenvalue weighted by molar-refractivity contribution is 6.33. The predicted molar refractivity (Wildman–Crippen MR) is 115 cm³/mol. The van der Waals surface area contributed by atoms with Crippen LogP contribution in [0.4, 0.5) is 11.4 Å². The summed E-state index contributed by atoms with van der Waals surface area (Å²) in [7, 11) is 0. The quantitative estimate of drug-likeness (QED) is 0.247. The number of anilines is 2. The molecule has 26 heavy (non-hydrogen) atoms. The van der Waals surface area contributed by atoms with Crippen LogP contribution in [0.3, 0.4) is 0 Å². The fourth-order valence-electron chi connectivity index (χ4n) is 3.15. The first-order valence-electron chi connectivity index (χ1n) is 10.5. The van der Waals surface area contributed by atoms with Gasteiger partial charge in [0.25, 0.3) is 0 Å². The molecule has 148 valence electrons. The van der Waals surface area contributed by atoms with Gasteiger partial charge in [0.2, 0.25) is 5.91 Å². The number of carbonyl (C=O) groups is 1. The van der Waals surface area contributed by atoms with E-state index in [1.54, 1.807) is 18.2 Å². The minimum absolute atomic E-state index is 0.0507. The summed E-state index contributed by atoms with van der Waals surface area (Å²) in [6.45, 7) is 2.27. The van der Waals surface area contributed by atoms with Gasteiger partial charge in [0.1, 0.15) is 0 Å². The molecule has 0 unspecified atom stereocenters. The Morgan fingerprint density at radius 3 is 1.88 bits per heavy atom. The van der Waals surface area contributed by atoms with Gasteiger partial charge in [-0.1, -0.05) is 95.6 Å². The zero-order valence-electron chi connectivity index (χ0n) is 16.5. The number of unbranched alkanes of at least 4 members (excludes halogenated alkanes) is 12. The molecule has 1 aromatic rings. The smallest absolute Gasteiger partial charge is 0.224 e. The molecule has 1 aromatic carbocycles. The lowest BCUT2D eigenvalue weighted by molar-refractivity contribution is -0.116. The Bertz CT molecular complexity index is 505. The van der Waals surface area contributed by atoms with Gasteiger partial charge in [0.15, 0.2) is 0 Å². The minimum atomic E-state index is 0.0507. The summed E-state index contributed by atoms with van der Waals surface area (Å²) in [5.41, 5.74) is 6.94. The standard InChI is InChI=1S/C22H37ClN2O/c1-2-3-4-5-6-7-8-9-10-11-12-13-14-15-22(26)25-19-16-17-20(23)21(24)18-19/h16-18H,2-15,24H2,1H3,(H,25,26). The van der Waals surface area contributed by atoms with E-state index in [4.69, 9.17) is 17.3 Å². The highest BCUT2D eigenvalue weighted by Gasteiger charge is 2.04. The molecule has 0 aliphatic heterocycles. The van der Waals surface area contributed by atoms with Crippen molar-refractivity contribution in [2.24, 2.45) is 0 Å². The van der Waals surface area contributed by atoms with Gasteiger partial charge in [0.05, 0.1) is 10.7 Å². The van der Waals surface area contributed by atoms with Crippen molar-refractivity contribution >= 4 is 28.9 Å². The Morgan fingerprint density at radius 1 is 0.885 bits per heavy atom. The van der Waals surface area contributed by atoms with Crippen LogP contribution >= 0.6 is 11.6 Å². The van der Waals surface area contributed by atoms with Crippen LogP contribution in [0.15, 0.2) is 18.2 Å². The van der Waals surface area contributed by atoms with E-state index in [0.717, 1.165) is 12.8 Å². The first-order chi connectivity index (χ1) is 12.6. The van der Waals surface area contributed by atoms with Crippen LogP contribution in [0, 0.1) is 0 Å². The Labute approximate surface area is 165 Å². The maximum absolute atomic E-state index is 11.9. The highest BCUT2D eigenvalue weighted by Crippen LogP contribution is 2.22. The van der Waals surface area contributed by atoms with Crippen LogP contribution in [0.5, 0.6) is 0 Å². The van der Waals surface area contributed by atoms with E-state index in [-0.39, 0.29) is 5.91 Å². The molecule has 3 nitrogen and oxygen atoms in total. The monoisotopic (exact) mass is 380 g/mol. The van der Waals surface area contributed by atoms with Gasteiger partial charge < -0.3 is 11.1 Å². The number of nitrogens with two attached hydrogens (primary N) is 1. The van der Waals surface area contributed by atoms with Gasteiger partial charge in [-0.3, -0.25) is 4.79 Å². The Balaban J connectivity index is 1.91. The van der Waals surface area contributed by atoms with Gasteiger partial charge in [-0.15, -0.1) is 0 Å². The molecule has 0 saturated heterocycles. The zero-order valence-corrected chi connectivity index (χ0v) is 17.3. The van der Waals surface area contributed by atoms with Crippen molar-refractivity contribution in [3.63, 3.8) is 0 Å². The molecule has 0 aromatic heterocycles. The molecule has 4 heteroatoms. The fraction of sp³-hybridized carbons (Fsp3) is 0.682. The second-order valence-corrected chi connectivity index (χ2v) is 7.68. The van der Waals surface area contributed by atoms with E-state index in [0.29, 0.717) is 22.8 Å². The zero-order chi connectivity index (χ0) is 19.0. The van der Waals surface area contributed by atoms with E-state index in [1.165, 1.54) is 70.6 Å². The van der Waals surface area contributed by atoms with Crippen molar-refractivity contribution in [3.8, 4) is 0 Å². The molecule has 0 radical (unpaired) electrons. The average molecular weight is 381 g/mol. The molecule has 0 heterocycles. The molecule has 3 N–H and O–H groups in total. The van der Waals surface area contributed by atoms with Crippen LogP contribution in [0.1, 0.15) is 96.8 Å². The molecular weight excluding hydrogens is 344 g/mol. The molecular formula is C22H37ClN2O. The molecule has 0 aliphatic carbocycles. The predicted octanol–water partition coefficient (Wildman–Crippen LogP) is 7.34. The Hall–Kier alpha value is -1.22. The van der Waals surface area contributed by atoms with Crippen LogP contribution in [0.25, 0.3) is 0 Å². The van der Waals surface area contributed by atoms with E-state index in [9.17, 15) is 4.79 Å². The lowest BCUT2D eigenvalue weighted by Crippen LogP contribution is -2.11. The molecule has 0 fully saturated rings. The number of nitrogen functional groups attached to an aromatic ring is 1. The number of hydrogen-bond acceptors (Lipinski definition) is 2. The van der Waals surface area contributed by atoms with E-state index >= 15 is 0 Å². The topological polar surface area (TPSA) is 55.1 Å². The summed E-state index contributed by atoms with van der Waals surface area (Å²) >= 11 is 5.88. The summed E-state index contributed by atoms with van der Waals surface area (Å²) in [4.78, 5) is 11.9. The SMILES string of the molecule is CCCCCCCCCCCCCCCC(=O)Nc1ccc(Cl)c(N)c1. The molecule has 0 atom stereocenters. The lowest BCUT2D eigenvalue weighted by Gasteiger charge is -2.07. The molecule has 0 spiro atoms. The molecule has 1 rings (SSSR count). The number of carbonyl (C=O) groups excluding carboxylic acids is 1. The highest BCUT2D eigenvalue weighted by atomic mass is 35.5. The summed E-state index contributed by atoms with van der Waals surface area (Å²) in [5, 5.41) is 3.39. The van der Waals surface area contributed by atoms with E-state index in [2.05, 4.69) is 12.2 Å². The van der Waals surface area contributed by atoms with Crippen molar-refractivity contribution in [2.75, 3.05) is 11.1 Å². The minimum Gasteiger partial charge on any atom is -0.397 e. The summed E-state index contributed by atoms with van der Waals surface area (Å²) in [5.74, 6) is 0.0507. The number of rotatable bonds is 15. The largest absolute Gasteiger partial charge is 0.397 e. The fourth-order valence-corrected chi connectivity index (χ4v) is 3.27. The average Bonchev–Trinajstić information content (AvgIpc) is 2.62. The molecule has 1 amide bonds. The van der Waals surface area contributed by atoms with E-state index in [1.807, 2.05) is 0 Å². The second-order valence-electron chi connectivity index (χ2n) is 7.28. The Kier molecular flexibility index (Phi) is 13.1. The maximum Gasteiger partial charge on any atom is 0.224 e. The van der Waals surface area contributed by atoms with Crippen LogP contribution in [-0.4, -0.2) is 5.91 Å². The number of hydrogen-bond donors (Lipinski definition) is 2. The summed E-state index contributed by atoms with van der Waals surface area (Å²) in [6, 6.07) is 5.18. The van der Waals surface area contributed by atoms with Gasteiger partial charge in [-0.05, 0) is 24.6 Å². The van der Waals surface area contributed by atoms with Gasteiger partial charge in [-0.2, -0.15) is 0 Å². The number of benzene rings is 1. The third kappa shape index (κ3) is 11.4. The second kappa shape index (κ2) is 14.9. The van der Waals surface area contributed by atoms with Crippen molar-refractivity contribution in [3.05, 3.63) is 23.2 Å². The van der Waals surface area contributed by atoms with Crippen LogP contribution < -0.4 is 11.1 Å². The first-order valence-corrected chi connectivity index (χ1v) is 10.9. The number of nitrogens with one attached hydrogen (secondary N) is 1. The normalized spacial score (nSPS) is 10.8. The maximum atomic E-state index is 11.9.